The Balaban J connectivity index is 3.69. The molecule has 0 aliphatic heterocycles. The molecule has 0 heterocycles. The number of hydrogen-bond donors (Lipinski definition) is 2. The number of hydrogen-bond acceptors (Lipinski definition) is 3. The van der Waals surface area contributed by atoms with E-state index in [2.05, 4.69) is 17.6 Å². The van der Waals surface area contributed by atoms with Gasteiger partial charge in [-0.2, -0.15) is 0 Å². The van der Waals surface area contributed by atoms with Gasteiger partial charge in [0.05, 0.1) is 0 Å². The maximum atomic E-state index is 11.4. The SMILES string of the molecule is CCCCN(C)C(=S)NCCNC(=O)OC(C)(C)C. The molecule has 0 aromatic heterocycles. The fourth-order valence-corrected chi connectivity index (χ4v) is 1.47. The molecule has 0 saturated carbocycles. The first-order valence-electron chi connectivity index (χ1n) is 6.72. The maximum absolute atomic E-state index is 11.4. The highest BCUT2D eigenvalue weighted by molar-refractivity contribution is 7.80. The predicted octanol–water partition coefficient (Wildman–Crippen LogP) is 2.12. The van der Waals surface area contributed by atoms with Gasteiger partial charge in [0, 0.05) is 26.7 Å². The quantitative estimate of drug-likeness (QED) is 0.579. The van der Waals surface area contributed by atoms with Crippen LogP contribution in [0.3, 0.4) is 0 Å². The average molecular weight is 289 g/mol. The first-order chi connectivity index (χ1) is 8.76. The van der Waals surface area contributed by atoms with Gasteiger partial charge in [-0.1, -0.05) is 13.3 Å². The standard InChI is InChI=1S/C13H27N3O2S/c1-6-7-10-16(5)11(19)14-8-9-15-12(17)18-13(2,3)4/h6-10H2,1-5H3,(H,14,19)(H,15,17). The lowest BCUT2D eigenvalue weighted by molar-refractivity contribution is 0.0529. The summed E-state index contributed by atoms with van der Waals surface area (Å²) in [5.41, 5.74) is -0.465. The summed E-state index contributed by atoms with van der Waals surface area (Å²) in [6.07, 6.45) is 1.86. The van der Waals surface area contributed by atoms with Gasteiger partial charge in [-0.25, -0.2) is 4.79 Å². The molecule has 0 spiro atoms. The van der Waals surface area contributed by atoms with Gasteiger partial charge in [0.1, 0.15) is 5.60 Å². The largest absolute Gasteiger partial charge is 0.444 e. The van der Waals surface area contributed by atoms with Gasteiger partial charge in [-0.3, -0.25) is 0 Å². The van der Waals surface area contributed by atoms with Gasteiger partial charge in [0.2, 0.25) is 0 Å². The van der Waals surface area contributed by atoms with Crippen molar-refractivity contribution in [1.82, 2.24) is 15.5 Å². The van der Waals surface area contributed by atoms with Crippen molar-refractivity contribution >= 4 is 23.4 Å². The van der Waals surface area contributed by atoms with Crippen molar-refractivity contribution < 1.29 is 9.53 Å². The van der Waals surface area contributed by atoms with E-state index in [4.69, 9.17) is 17.0 Å². The topological polar surface area (TPSA) is 53.6 Å². The molecule has 0 aromatic rings. The van der Waals surface area contributed by atoms with Crippen LogP contribution in [0, 0.1) is 0 Å². The van der Waals surface area contributed by atoms with Crippen LogP contribution in [0.15, 0.2) is 0 Å². The lowest BCUT2D eigenvalue weighted by atomic mass is 10.2. The Morgan fingerprint density at radius 3 is 2.37 bits per heavy atom. The fraction of sp³-hybridized carbons (Fsp3) is 0.846. The number of amides is 1. The van der Waals surface area contributed by atoms with E-state index in [-0.39, 0.29) is 0 Å². The molecule has 0 rings (SSSR count). The number of carbonyl (C=O) groups is 1. The molecule has 19 heavy (non-hydrogen) atoms. The molecule has 0 unspecified atom stereocenters. The molecule has 5 nitrogen and oxygen atoms in total. The third-order valence-corrected chi connectivity index (χ3v) is 2.72. The van der Waals surface area contributed by atoms with E-state index in [9.17, 15) is 4.79 Å². The Labute approximate surface area is 122 Å². The number of carbonyl (C=O) groups excluding carboxylic acids is 1. The van der Waals surface area contributed by atoms with Crippen LogP contribution < -0.4 is 10.6 Å². The van der Waals surface area contributed by atoms with Gasteiger partial charge < -0.3 is 20.3 Å². The molecule has 0 aliphatic rings. The minimum atomic E-state index is -0.465. The molecule has 0 aromatic carbocycles. The summed E-state index contributed by atoms with van der Waals surface area (Å²) in [4.78, 5) is 13.4. The molecule has 0 aliphatic carbocycles. The summed E-state index contributed by atoms with van der Waals surface area (Å²) >= 11 is 5.23. The van der Waals surface area contributed by atoms with E-state index in [0.29, 0.717) is 18.2 Å². The van der Waals surface area contributed by atoms with Crippen molar-refractivity contribution in [1.29, 1.82) is 0 Å². The highest BCUT2D eigenvalue weighted by Gasteiger charge is 2.15. The maximum Gasteiger partial charge on any atom is 0.407 e. The van der Waals surface area contributed by atoms with Crippen molar-refractivity contribution in [2.75, 3.05) is 26.7 Å². The molecule has 0 fully saturated rings. The second-order valence-electron chi connectivity index (χ2n) is 5.44. The number of nitrogens with one attached hydrogen (secondary N) is 2. The molecular formula is C13H27N3O2S. The molecule has 112 valence electrons. The van der Waals surface area contributed by atoms with E-state index in [1.807, 2.05) is 32.7 Å². The molecular weight excluding hydrogens is 262 g/mol. The monoisotopic (exact) mass is 289 g/mol. The normalized spacial score (nSPS) is 10.8. The summed E-state index contributed by atoms with van der Waals surface area (Å²) in [7, 11) is 1.96. The third-order valence-electron chi connectivity index (χ3n) is 2.26. The second-order valence-corrected chi connectivity index (χ2v) is 5.82. The molecule has 0 atom stereocenters. The van der Waals surface area contributed by atoms with E-state index in [1.165, 1.54) is 0 Å². The van der Waals surface area contributed by atoms with Crippen LogP contribution in [0.5, 0.6) is 0 Å². The van der Waals surface area contributed by atoms with Crippen molar-refractivity contribution in [2.45, 2.75) is 46.1 Å². The number of ether oxygens (including phenoxy) is 1. The van der Waals surface area contributed by atoms with Crippen LogP contribution in [0.2, 0.25) is 0 Å². The predicted molar refractivity (Wildman–Crippen MR) is 82.4 cm³/mol. The van der Waals surface area contributed by atoms with Gasteiger partial charge in [-0.05, 0) is 39.4 Å². The lowest BCUT2D eigenvalue weighted by Gasteiger charge is -2.21. The minimum Gasteiger partial charge on any atom is -0.444 e. The van der Waals surface area contributed by atoms with E-state index in [0.717, 1.165) is 19.4 Å². The smallest absolute Gasteiger partial charge is 0.407 e. The number of rotatable bonds is 6. The summed E-state index contributed by atoms with van der Waals surface area (Å²) < 4.78 is 5.12. The Hall–Kier alpha value is -1.04. The molecule has 0 radical (unpaired) electrons. The minimum absolute atomic E-state index is 0.403. The van der Waals surface area contributed by atoms with Crippen molar-refractivity contribution in [2.24, 2.45) is 0 Å². The Bertz CT molecular complexity index is 290. The Morgan fingerprint density at radius 2 is 1.84 bits per heavy atom. The fourth-order valence-electron chi connectivity index (χ4n) is 1.28. The van der Waals surface area contributed by atoms with Crippen LogP contribution in [0.1, 0.15) is 40.5 Å². The second kappa shape index (κ2) is 8.96. The number of thiocarbonyl (C=S) groups is 1. The summed E-state index contributed by atoms with van der Waals surface area (Å²) in [6.45, 7) is 9.68. The van der Waals surface area contributed by atoms with Crippen molar-refractivity contribution in [3.05, 3.63) is 0 Å². The van der Waals surface area contributed by atoms with Crippen LogP contribution in [0.25, 0.3) is 0 Å². The zero-order valence-electron chi connectivity index (χ0n) is 12.7. The average Bonchev–Trinajstić information content (AvgIpc) is 2.29. The van der Waals surface area contributed by atoms with Crippen LogP contribution >= 0.6 is 12.2 Å². The van der Waals surface area contributed by atoms with Crippen molar-refractivity contribution in [3.8, 4) is 0 Å². The number of alkyl carbamates (subject to hydrolysis) is 1. The van der Waals surface area contributed by atoms with Crippen molar-refractivity contribution in [3.63, 3.8) is 0 Å². The van der Waals surface area contributed by atoms with Gasteiger partial charge >= 0.3 is 6.09 Å². The summed E-state index contributed by atoms with van der Waals surface area (Å²) in [6, 6.07) is 0. The summed E-state index contributed by atoms with van der Waals surface area (Å²) in [5.74, 6) is 0. The first-order valence-corrected chi connectivity index (χ1v) is 7.13. The zero-order chi connectivity index (χ0) is 14.9. The molecule has 0 saturated heterocycles. The number of nitrogens with zero attached hydrogens (tertiary/aromatic N) is 1. The summed E-state index contributed by atoms with van der Waals surface area (Å²) in [5, 5.41) is 6.48. The third kappa shape index (κ3) is 10.6. The molecule has 1 amide bonds. The van der Waals surface area contributed by atoms with Crippen LogP contribution in [0.4, 0.5) is 4.79 Å². The molecule has 2 N–H and O–H groups in total. The van der Waals surface area contributed by atoms with Crippen LogP contribution in [-0.4, -0.2) is 48.4 Å². The highest BCUT2D eigenvalue weighted by atomic mass is 32.1. The number of unbranched alkanes of at least 4 members (excludes halogenated alkanes) is 1. The zero-order valence-corrected chi connectivity index (χ0v) is 13.5. The van der Waals surface area contributed by atoms with E-state index >= 15 is 0 Å². The van der Waals surface area contributed by atoms with Gasteiger partial charge in [0.25, 0.3) is 0 Å². The highest BCUT2D eigenvalue weighted by Crippen LogP contribution is 2.05. The molecule has 0 bridgehead atoms. The van der Waals surface area contributed by atoms with Gasteiger partial charge in [0.15, 0.2) is 5.11 Å². The lowest BCUT2D eigenvalue weighted by Crippen LogP contribution is -2.42. The first kappa shape index (κ1) is 18.0. The van der Waals surface area contributed by atoms with Crippen LogP contribution in [-0.2, 0) is 4.74 Å². The Kier molecular flexibility index (Phi) is 8.47. The van der Waals surface area contributed by atoms with E-state index < -0.39 is 11.7 Å². The molecule has 6 heteroatoms. The Morgan fingerprint density at radius 1 is 1.26 bits per heavy atom. The van der Waals surface area contributed by atoms with E-state index in [1.54, 1.807) is 0 Å². The van der Waals surface area contributed by atoms with Gasteiger partial charge in [-0.15, -0.1) is 0 Å².